The molecule has 6 nitrogen and oxygen atoms in total. The summed E-state index contributed by atoms with van der Waals surface area (Å²) in [7, 11) is 0. The highest BCUT2D eigenvalue weighted by Crippen LogP contribution is 2.34. The van der Waals surface area contributed by atoms with Crippen molar-refractivity contribution >= 4 is 5.97 Å². The van der Waals surface area contributed by atoms with Crippen molar-refractivity contribution in [3.05, 3.63) is 81.9 Å². The van der Waals surface area contributed by atoms with E-state index in [-0.39, 0.29) is 23.4 Å². The maximum Gasteiger partial charge on any atom is 0.308 e. The smallest absolute Gasteiger partial charge is 0.308 e. The SMILES string of the molecule is CCC(CC)C(=O)OCCCCCCOC(C[N+](=O)[O-])(c1ccccc1)c1ccccc1. The first-order valence-electron chi connectivity index (χ1n) is 11.6. The van der Waals surface area contributed by atoms with Crippen molar-refractivity contribution in [1.82, 2.24) is 0 Å². The van der Waals surface area contributed by atoms with Gasteiger partial charge in [-0.15, -0.1) is 0 Å². The Labute approximate surface area is 191 Å². The fourth-order valence-corrected chi connectivity index (χ4v) is 3.87. The van der Waals surface area contributed by atoms with Gasteiger partial charge in [-0.2, -0.15) is 0 Å². The van der Waals surface area contributed by atoms with Crippen LogP contribution in [0.15, 0.2) is 60.7 Å². The first-order valence-corrected chi connectivity index (χ1v) is 11.6. The molecule has 2 aromatic carbocycles. The number of hydrogen-bond donors (Lipinski definition) is 0. The Morgan fingerprint density at radius 3 is 1.84 bits per heavy atom. The van der Waals surface area contributed by atoms with Gasteiger partial charge < -0.3 is 9.47 Å². The van der Waals surface area contributed by atoms with Crippen LogP contribution < -0.4 is 0 Å². The number of hydrogen-bond acceptors (Lipinski definition) is 5. The minimum atomic E-state index is -1.13. The molecular weight excluding hydrogens is 406 g/mol. The van der Waals surface area contributed by atoms with Crippen LogP contribution in [0.3, 0.4) is 0 Å². The molecule has 0 atom stereocenters. The van der Waals surface area contributed by atoms with E-state index in [0.29, 0.717) is 13.2 Å². The summed E-state index contributed by atoms with van der Waals surface area (Å²) in [6, 6.07) is 18.8. The Morgan fingerprint density at radius 1 is 0.875 bits per heavy atom. The van der Waals surface area contributed by atoms with Crippen LogP contribution >= 0.6 is 0 Å². The molecule has 0 bridgehead atoms. The van der Waals surface area contributed by atoms with Gasteiger partial charge in [0.25, 0.3) is 0 Å². The second kappa shape index (κ2) is 13.6. The lowest BCUT2D eigenvalue weighted by Gasteiger charge is -2.31. The molecule has 0 aliphatic carbocycles. The third-order valence-electron chi connectivity index (χ3n) is 5.78. The van der Waals surface area contributed by atoms with Gasteiger partial charge in [-0.25, -0.2) is 0 Å². The molecule has 0 radical (unpaired) electrons. The first kappa shape index (κ1) is 25.5. The highest BCUT2D eigenvalue weighted by Gasteiger charge is 2.40. The Morgan fingerprint density at radius 2 is 1.38 bits per heavy atom. The standard InChI is InChI=1S/C26H35NO5/c1-3-22(4-2)25(28)31-19-13-5-6-14-20-32-26(21-27(29)30,23-15-9-7-10-16-23)24-17-11-8-12-18-24/h7-12,15-18,22H,3-6,13-14,19-21H2,1-2H3. The zero-order chi connectivity index (χ0) is 23.2. The van der Waals surface area contributed by atoms with E-state index >= 15 is 0 Å². The maximum atomic E-state index is 11.9. The molecule has 0 aliphatic rings. The van der Waals surface area contributed by atoms with E-state index in [0.717, 1.165) is 49.7 Å². The molecule has 0 aromatic heterocycles. The van der Waals surface area contributed by atoms with Crippen LogP contribution in [0.4, 0.5) is 0 Å². The highest BCUT2D eigenvalue weighted by atomic mass is 16.6. The molecular formula is C26H35NO5. The number of ether oxygens (including phenoxy) is 2. The van der Waals surface area contributed by atoms with Crippen molar-refractivity contribution in [1.29, 1.82) is 0 Å². The summed E-state index contributed by atoms with van der Waals surface area (Å²) in [6.07, 6.45) is 5.02. The van der Waals surface area contributed by atoms with Crippen LogP contribution in [-0.2, 0) is 19.9 Å². The number of nitro groups is 1. The van der Waals surface area contributed by atoms with Crippen LogP contribution in [0.2, 0.25) is 0 Å². The molecule has 0 N–H and O–H groups in total. The summed E-state index contributed by atoms with van der Waals surface area (Å²) in [5, 5.41) is 11.6. The lowest BCUT2D eigenvalue weighted by atomic mass is 9.86. The Hall–Kier alpha value is -2.73. The molecule has 0 heterocycles. The number of esters is 1. The quantitative estimate of drug-likeness (QED) is 0.152. The molecule has 32 heavy (non-hydrogen) atoms. The van der Waals surface area contributed by atoms with E-state index in [1.165, 1.54) is 0 Å². The van der Waals surface area contributed by atoms with E-state index < -0.39 is 5.60 Å². The number of rotatable bonds is 15. The van der Waals surface area contributed by atoms with Crippen molar-refractivity contribution in [3.63, 3.8) is 0 Å². The van der Waals surface area contributed by atoms with Crippen LogP contribution in [0.5, 0.6) is 0 Å². The molecule has 0 spiro atoms. The predicted octanol–water partition coefficient (Wildman–Crippen LogP) is 5.76. The maximum absolute atomic E-state index is 11.9. The monoisotopic (exact) mass is 441 g/mol. The van der Waals surface area contributed by atoms with E-state index in [2.05, 4.69) is 0 Å². The fourth-order valence-electron chi connectivity index (χ4n) is 3.87. The van der Waals surface area contributed by atoms with Gasteiger partial charge in [-0.1, -0.05) is 80.9 Å². The summed E-state index contributed by atoms with van der Waals surface area (Å²) >= 11 is 0. The van der Waals surface area contributed by atoms with Crippen LogP contribution in [0.25, 0.3) is 0 Å². The first-order chi connectivity index (χ1) is 15.5. The Bertz CT molecular complexity index is 766. The fraction of sp³-hybridized carbons (Fsp3) is 0.500. The molecule has 6 heteroatoms. The Balaban J connectivity index is 1.91. The Kier molecular flexibility index (Phi) is 10.9. The van der Waals surface area contributed by atoms with Gasteiger partial charge in [-0.3, -0.25) is 14.9 Å². The molecule has 0 unspecified atom stereocenters. The van der Waals surface area contributed by atoms with Gasteiger partial charge in [-0.05, 0) is 43.2 Å². The van der Waals surface area contributed by atoms with E-state index in [9.17, 15) is 14.9 Å². The van der Waals surface area contributed by atoms with Crippen molar-refractivity contribution in [3.8, 4) is 0 Å². The molecule has 0 saturated heterocycles. The van der Waals surface area contributed by atoms with Crippen molar-refractivity contribution in [2.45, 2.75) is 58.0 Å². The summed E-state index contributed by atoms with van der Waals surface area (Å²) in [5.41, 5.74) is 0.420. The topological polar surface area (TPSA) is 78.7 Å². The number of benzene rings is 2. The van der Waals surface area contributed by atoms with Crippen LogP contribution in [-0.4, -0.2) is 30.7 Å². The summed E-state index contributed by atoms with van der Waals surface area (Å²) < 4.78 is 11.7. The minimum Gasteiger partial charge on any atom is -0.465 e. The van der Waals surface area contributed by atoms with Crippen LogP contribution in [0, 0.1) is 16.0 Å². The van der Waals surface area contributed by atoms with Gasteiger partial charge in [0.1, 0.15) is 0 Å². The van der Waals surface area contributed by atoms with Gasteiger partial charge in [0, 0.05) is 11.5 Å². The number of unbranched alkanes of at least 4 members (excludes halogenated alkanes) is 3. The predicted molar refractivity (Wildman–Crippen MR) is 125 cm³/mol. The van der Waals surface area contributed by atoms with E-state index in [4.69, 9.17) is 9.47 Å². The van der Waals surface area contributed by atoms with Gasteiger partial charge in [0.15, 0.2) is 5.60 Å². The normalized spacial score (nSPS) is 11.5. The average molecular weight is 442 g/mol. The van der Waals surface area contributed by atoms with E-state index in [1.54, 1.807) is 0 Å². The number of carbonyl (C=O) groups excluding carboxylic acids is 1. The third kappa shape index (κ3) is 7.45. The number of carbonyl (C=O) groups is 1. The van der Waals surface area contributed by atoms with Crippen molar-refractivity contribution in [2.24, 2.45) is 5.92 Å². The summed E-state index contributed by atoms with van der Waals surface area (Å²) in [5.74, 6) is -0.109. The zero-order valence-electron chi connectivity index (χ0n) is 19.2. The minimum absolute atomic E-state index is 0.00547. The molecule has 0 amide bonds. The lowest BCUT2D eigenvalue weighted by molar-refractivity contribution is -0.501. The average Bonchev–Trinajstić information content (AvgIpc) is 2.81. The van der Waals surface area contributed by atoms with Gasteiger partial charge in [0.05, 0.1) is 12.5 Å². The molecule has 2 rings (SSSR count). The van der Waals surface area contributed by atoms with E-state index in [1.807, 2.05) is 74.5 Å². The molecule has 174 valence electrons. The number of nitrogens with zero attached hydrogens (tertiary/aromatic N) is 1. The molecule has 0 saturated carbocycles. The molecule has 2 aromatic rings. The summed E-state index contributed by atoms with van der Waals surface area (Å²) in [4.78, 5) is 23.2. The third-order valence-corrected chi connectivity index (χ3v) is 5.78. The lowest BCUT2D eigenvalue weighted by Crippen LogP contribution is -2.39. The van der Waals surface area contributed by atoms with Gasteiger partial charge >= 0.3 is 5.97 Å². The molecule has 0 aliphatic heterocycles. The molecule has 0 fully saturated rings. The second-order valence-corrected chi connectivity index (χ2v) is 7.99. The van der Waals surface area contributed by atoms with Crippen LogP contribution in [0.1, 0.15) is 63.5 Å². The summed E-state index contributed by atoms with van der Waals surface area (Å²) in [6.45, 7) is 4.51. The van der Waals surface area contributed by atoms with Crippen molar-refractivity contribution < 1.29 is 19.2 Å². The second-order valence-electron chi connectivity index (χ2n) is 7.99. The van der Waals surface area contributed by atoms with Crippen molar-refractivity contribution in [2.75, 3.05) is 19.8 Å². The van der Waals surface area contributed by atoms with Gasteiger partial charge in [0.2, 0.25) is 6.54 Å². The largest absolute Gasteiger partial charge is 0.465 e. The zero-order valence-corrected chi connectivity index (χ0v) is 19.2. The highest BCUT2D eigenvalue weighted by molar-refractivity contribution is 5.72.